The Hall–Kier alpha value is -1.22. The quantitative estimate of drug-likeness (QED) is 0.281. The van der Waals surface area contributed by atoms with Crippen molar-refractivity contribution in [3.05, 3.63) is 23.8 Å². The van der Waals surface area contributed by atoms with Gasteiger partial charge in [-0.05, 0) is 54.2 Å². The Morgan fingerprint density at radius 1 is 0.667 bits per heavy atom. The van der Waals surface area contributed by atoms with Crippen molar-refractivity contribution in [2.45, 2.75) is 99.5 Å². The highest BCUT2D eigenvalue weighted by Gasteiger charge is 2.10. The zero-order valence-electron chi connectivity index (χ0n) is 20.6. The number of hydrogen-bond donors (Lipinski definition) is 1. The summed E-state index contributed by atoms with van der Waals surface area (Å²) < 4.78 is 12.2. The van der Waals surface area contributed by atoms with Crippen LogP contribution in [0.15, 0.2) is 18.2 Å². The maximum atomic E-state index is 9.48. The van der Waals surface area contributed by atoms with Gasteiger partial charge < -0.3 is 14.6 Å². The summed E-state index contributed by atoms with van der Waals surface area (Å²) in [7, 11) is 0. The van der Waals surface area contributed by atoms with Crippen molar-refractivity contribution in [2.75, 3.05) is 13.2 Å². The molecule has 0 saturated heterocycles. The Labute approximate surface area is 186 Å². The first-order valence-corrected chi connectivity index (χ1v) is 12.3. The Balaban J connectivity index is 2.44. The van der Waals surface area contributed by atoms with Crippen LogP contribution >= 0.6 is 0 Å². The molecule has 0 aliphatic carbocycles. The molecule has 1 N–H and O–H groups in total. The van der Waals surface area contributed by atoms with E-state index in [1.807, 2.05) is 18.2 Å². The topological polar surface area (TPSA) is 38.7 Å². The van der Waals surface area contributed by atoms with Crippen molar-refractivity contribution in [3.8, 4) is 11.5 Å². The van der Waals surface area contributed by atoms with Crippen LogP contribution in [0.2, 0.25) is 0 Å². The maximum absolute atomic E-state index is 9.48. The van der Waals surface area contributed by atoms with Gasteiger partial charge in [0.25, 0.3) is 0 Å². The molecule has 1 rings (SSSR count). The average Bonchev–Trinajstić information content (AvgIpc) is 2.68. The zero-order chi connectivity index (χ0) is 22.4. The van der Waals surface area contributed by atoms with E-state index in [2.05, 4.69) is 41.5 Å². The molecule has 0 bridgehead atoms. The van der Waals surface area contributed by atoms with Crippen molar-refractivity contribution < 1.29 is 14.6 Å². The van der Waals surface area contributed by atoms with Crippen LogP contribution in [0.3, 0.4) is 0 Å². The van der Waals surface area contributed by atoms with Gasteiger partial charge in [-0.1, -0.05) is 86.1 Å². The average molecular weight is 421 g/mol. The minimum atomic E-state index is 0.0229. The molecule has 2 atom stereocenters. The Kier molecular flexibility index (Phi) is 13.9. The summed E-state index contributed by atoms with van der Waals surface area (Å²) in [6, 6.07) is 5.78. The van der Waals surface area contributed by atoms with E-state index in [0.29, 0.717) is 25.0 Å². The minimum absolute atomic E-state index is 0.0229. The van der Waals surface area contributed by atoms with Gasteiger partial charge in [-0.25, -0.2) is 0 Å². The van der Waals surface area contributed by atoms with Gasteiger partial charge in [-0.2, -0.15) is 0 Å². The number of aliphatic hydroxyl groups excluding tert-OH is 1. The van der Waals surface area contributed by atoms with E-state index in [4.69, 9.17) is 9.47 Å². The Morgan fingerprint density at radius 2 is 1.17 bits per heavy atom. The second-order valence-corrected chi connectivity index (χ2v) is 10.1. The molecule has 0 fully saturated rings. The lowest BCUT2D eigenvalue weighted by Crippen LogP contribution is -2.08. The zero-order valence-corrected chi connectivity index (χ0v) is 20.6. The van der Waals surface area contributed by atoms with Crippen LogP contribution in [0.25, 0.3) is 0 Å². The van der Waals surface area contributed by atoms with E-state index in [1.165, 1.54) is 38.5 Å². The molecule has 174 valence electrons. The normalized spacial score (nSPS) is 13.6. The van der Waals surface area contributed by atoms with Crippen LogP contribution in [0.4, 0.5) is 0 Å². The number of aliphatic hydroxyl groups is 1. The molecule has 1 aromatic carbocycles. The van der Waals surface area contributed by atoms with Crippen molar-refractivity contribution in [3.63, 3.8) is 0 Å². The molecule has 0 aliphatic rings. The summed E-state index contributed by atoms with van der Waals surface area (Å²) in [5, 5.41) is 9.48. The molecule has 30 heavy (non-hydrogen) atoms. The van der Waals surface area contributed by atoms with Gasteiger partial charge >= 0.3 is 0 Å². The van der Waals surface area contributed by atoms with E-state index >= 15 is 0 Å². The van der Waals surface area contributed by atoms with Crippen LogP contribution in [-0.2, 0) is 6.61 Å². The van der Waals surface area contributed by atoms with Gasteiger partial charge in [0.1, 0.15) is 0 Å². The lowest BCUT2D eigenvalue weighted by atomic mass is 9.97. The summed E-state index contributed by atoms with van der Waals surface area (Å²) >= 11 is 0. The molecule has 1 aromatic rings. The third-order valence-electron chi connectivity index (χ3n) is 5.88. The molecular weight excluding hydrogens is 372 g/mol. The number of ether oxygens (including phenoxy) is 2. The first kappa shape index (κ1) is 26.8. The highest BCUT2D eigenvalue weighted by Crippen LogP contribution is 2.30. The fraction of sp³-hybridized carbons (Fsp3) is 0.778. The SMILES string of the molecule is CC(C)CCC[C@H](C)CCOc1ccc(CO)cc1OCC[C@@H](C)CCCC(C)C. The van der Waals surface area contributed by atoms with Gasteiger partial charge in [0.05, 0.1) is 19.8 Å². The van der Waals surface area contributed by atoms with Crippen LogP contribution in [0.5, 0.6) is 11.5 Å². The lowest BCUT2D eigenvalue weighted by Gasteiger charge is -2.17. The standard InChI is InChI=1S/C27H48O3/c1-21(2)9-7-11-23(5)15-17-29-26-14-13-25(20-28)19-27(26)30-18-16-24(6)12-8-10-22(3)4/h13-14,19,21-24,28H,7-12,15-18,20H2,1-6H3/t23-,24-/m0/s1. The van der Waals surface area contributed by atoms with E-state index in [0.717, 1.165) is 41.7 Å². The van der Waals surface area contributed by atoms with Gasteiger partial charge in [0.2, 0.25) is 0 Å². The first-order valence-electron chi connectivity index (χ1n) is 12.3. The second-order valence-electron chi connectivity index (χ2n) is 10.1. The predicted octanol–water partition coefficient (Wildman–Crippen LogP) is 7.64. The molecule has 0 amide bonds. The van der Waals surface area contributed by atoms with Gasteiger partial charge in [0, 0.05) is 0 Å². The molecule has 3 nitrogen and oxygen atoms in total. The minimum Gasteiger partial charge on any atom is -0.490 e. The third-order valence-corrected chi connectivity index (χ3v) is 5.88. The highest BCUT2D eigenvalue weighted by molar-refractivity contribution is 5.42. The van der Waals surface area contributed by atoms with Crippen LogP contribution < -0.4 is 9.47 Å². The Morgan fingerprint density at radius 3 is 1.63 bits per heavy atom. The molecule has 0 saturated carbocycles. The van der Waals surface area contributed by atoms with Crippen LogP contribution in [0.1, 0.15) is 98.5 Å². The molecule has 0 heterocycles. The molecular formula is C27H48O3. The van der Waals surface area contributed by atoms with Gasteiger partial charge in [0.15, 0.2) is 11.5 Å². The largest absolute Gasteiger partial charge is 0.490 e. The van der Waals surface area contributed by atoms with Gasteiger partial charge in [-0.15, -0.1) is 0 Å². The van der Waals surface area contributed by atoms with Crippen molar-refractivity contribution >= 4 is 0 Å². The third kappa shape index (κ3) is 12.5. The van der Waals surface area contributed by atoms with Gasteiger partial charge in [-0.3, -0.25) is 0 Å². The monoisotopic (exact) mass is 420 g/mol. The van der Waals surface area contributed by atoms with Crippen LogP contribution in [0, 0.1) is 23.7 Å². The van der Waals surface area contributed by atoms with Crippen LogP contribution in [-0.4, -0.2) is 18.3 Å². The number of benzene rings is 1. The lowest BCUT2D eigenvalue weighted by molar-refractivity contribution is 0.235. The molecule has 3 heteroatoms. The highest BCUT2D eigenvalue weighted by atomic mass is 16.5. The second kappa shape index (κ2) is 15.6. The van der Waals surface area contributed by atoms with Crippen molar-refractivity contribution in [1.82, 2.24) is 0 Å². The van der Waals surface area contributed by atoms with E-state index in [9.17, 15) is 5.11 Å². The van der Waals surface area contributed by atoms with E-state index in [1.54, 1.807) is 0 Å². The number of hydrogen-bond acceptors (Lipinski definition) is 3. The molecule has 0 aromatic heterocycles. The van der Waals surface area contributed by atoms with E-state index < -0.39 is 0 Å². The summed E-state index contributed by atoms with van der Waals surface area (Å²) in [4.78, 5) is 0. The molecule has 0 radical (unpaired) electrons. The molecule has 0 aliphatic heterocycles. The maximum Gasteiger partial charge on any atom is 0.161 e. The number of rotatable bonds is 17. The summed E-state index contributed by atoms with van der Waals surface area (Å²) in [5.74, 6) is 4.48. The molecule has 0 spiro atoms. The Bertz CT molecular complexity index is 553. The van der Waals surface area contributed by atoms with E-state index in [-0.39, 0.29) is 6.61 Å². The summed E-state index contributed by atoms with van der Waals surface area (Å²) in [6.07, 6.45) is 9.84. The van der Waals surface area contributed by atoms with Crippen molar-refractivity contribution in [2.24, 2.45) is 23.7 Å². The summed E-state index contributed by atoms with van der Waals surface area (Å²) in [6.45, 7) is 15.2. The smallest absolute Gasteiger partial charge is 0.161 e. The van der Waals surface area contributed by atoms with Crippen molar-refractivity contribution in [1.29, 1.82) is 0 Å². The molecule has 0 unspecified atom stereocenters. The fourth-order valence-electron chi connectivity index (χ4n) is 3.66. The predicted molar refractivity (Wildman–Crippen MR) is 128 cm³/mol. The summed E-state index contributed by atoms with van der Waals surface area (Å²) in [5.41, 5.74) is 0.865. The fourth-order valence-corrected chi connectivity index (χ4v) is 3.66. The first-order chi connectivity index (χ1) is 14.3.